The van der Waals surface area contributed by atoms with E-state index in [1.165, 1.54) is 6.42 Å². The summed E-state index contributed by atoms with van der Waals surface area (Å²) >= 11 is 0. The van der Waals surface area contributed by atoms with Crippen LogP contribution in [0.1, 0.15) is 44.9 Å². The fourth-order valence-electron chi connectivity index (χ4n) is 3.37. The van der Waals surface area contributed by atoms with Gasteiger partial charge in [0, 0.05) is 26.2 Å². The molecule has 20 heavy (non-hydrogen) atoms. The topological polar surface area (TPSA) is 75.6 Å². The first-order chi connectivity index (χ1) is 9.56. The number of carbonyl (C=O) groups is 2. The van der Waals surface area contributed by atoms with E-state index >= 15 is 0 Å². The highest BCUT2D eigenvalue weighted by Gasteiger charge is 2.38. The number of hydrogen-bond acceptors (Lipinski definition) is 3. The second-order valence-corrected chi connectivity index (χ2v) is 6.36. The summed E-state index contributed by atoms with van der Waals surface area (Å²) in [5.41, 5.74) is 0.219. The number of rotatable bonds is 7. The minimum atomic E-state index is -0.768. The van der Waals surface area contributed by atoms with Gasteiger partial charge in [-0.15, -0.1) is 0 Å². The molecule has 2 N–H and O–H groups in total. The van der Waals surface area contributed by atoms with Crippen LogP contribution in [0.2, 0.25) is 0 Å². The Hall–Kier alpha value is -1.10. The van der Waals surface area contributed by atoms with Gasteiger partial charge < -0.3 is 15.2 Å². The molecule has 2 aliphatic carbocycles. The number of hydrogen-bond donors (Lipinski definition) is 2. The van der Waals surface area contributed by atoms with Gasteiger partial charge in [-0.25, -0.2) is 0 Å². The lowest BCUT2D eigenvalue weighted by Crippen LogP contribution is -2.44. The highest BCUT2D eigenvalue weighted by molar-refractivity contribution is 5.80. The van der Waals surface area contributed by atoms with Crippen molar-refractivity contribution in [2.75, 3.05) is 20.3 Å². The van der Waals surface area contributed by atoms with Crippen LogP contribution in [0.5, 0.6) is 0 Å². The molecule has 2 aliphatic rings. The van der Waals surface area contributed by atoms with Crippen LogP contribution >= 0.6 is 0 Å². The monoisotopic (exact) mass is 283 g/mol. The average Bonchev–Trinajstić information content (AvgIpc) is 2.86. The fourth-order valence-corrected chi connectivity index (χ4v) is 3.37. The predicted octanol–water partition coefficient (Wildman–Crippen LogP) is 1.81. The molecule has 0 heterocycles. The number of methoxy groups -OCH3 is 1. The van der Waals surface area contributed by atoms with Gasteiger partial charge in [0.05, 0.1) is 5.92 Å². The molecule has 2 saturated carbocycles. The number of ether oxygens (including phenoxy) is 1. The lowest BCUT2D eigenvalue weighted by molar-refractivity contribution is -0.141. The summed E-state index contributed by atoms with van der Waals surface area (Å²) in [7, 11) is 1.70. The van der Waals surface area contributed by atoms with Gasteiger partial charge >= 0.3 is 5.97 Å². The van der Waals surface area contributed by atoms with Crippen molar-refractivity contribution in [1.82, 2.24) is 5.32 Å². The highest BCUT2D eigenvalue weighted by atomic mass is 16.5. The van der Waals surface area contributed by atoms with Gasteiger partial charge in [0.25, 0.3) is 0 Å². The van der Waals surface area contributed by atoms with Crippen LogP contribution in [-0.4, -0.2) is 37.2 Å². The highest BCUT2D eigenvalue weighted by Crippen LogP contribution is 2.43. The van der Waals surface area contributed by atoms with E-state index in [9.17, 15) is 9.59 Å². The summed E-state index contributed by atoms with van der Waals surface area (Å²) in [5, 5.41) is 12.0. The van der Waals surface area contributed by atoms with E-state index in [0.29, 0.717) is 25.8 Å². The van der Waals surface area contributed by atoms with E-state index in [1.54, 1.807) is 7.11 Å². The predicted molar refractivity (Wildman–Crippen MR) is 74.3 cm³/mol. The summed E-state index contributed by atoms with van der Waals surface area (Å²) in [6, 6.07) is 0. The van der Waals surface area contributed by atoms with E-state index in [2.05, 4.69) is 5.32 Å². The Morgan fingerprint density at radius 2 is 2.00 bits per heavy atom. The van der Waals surface area contributed by atoms with Crippen LogP contribution in [-0.2, 0) is 14.3 Å². The molecule has 2 fully saturated rings. The first-order valence-electron chi connectivity index (χ1n) is 7.56. The summed E-state index contributed by atoms with van der Waals surface area (Å²) < 4.78 is 5.14. The third-order valence-corrected chi connectivity index (χ3v) is 5.04. The van der Waals surface area contributed by atoms with Crippen molar-refractivity contribution < 1.29 is 19.4 Å². The second-order valence-electron chi connectivity index (χ2n) is 6.36. The number of amides is 1. The summed E-state index contributed by atoms with van der Waals surface area (Å²) in [6.45, 7) is 1.45. The molecule has 1 amide bonds. The molecule has 114 valence electrons. The number of carbonyl (C=O) groups excluding carboxylic acids is 1. The van der Waals surface area contributed by atoms with Gasteiger partial charge in [0.1, 0.15) is 0 Å². The molecule has 5 heteroatoms. The normalized spacial score (nSPS) is 27.9. The van der Waals surface area contributed by atoms with Crippen LogP contribution in [0.4, 0.5) is 0 Å². The van der Waals surface area contributed by atoms with Gasteiger partial charge in [-0.05, 0) is 43.9 Å². The van der Waals surface area contributed by atoms with Crippen molar-refractivity contribution in [2.24, 2.45) is 17.3 Å². The van der Waals surface area contributed by atoms with Crippen LogP contribution in [0.3, 0.4) is 0 Å². The Morgan fingerprint density at radius 1 is 1.30 bits per heavy atom. The largest absolute Gasteiger partial charge is 0.481 e. The average molecular weight is 283 g/mol. The Labute approximate surface area is 120 Å². The van der Waals surface area contributed by atoms with E-state index in [0.717, 1.165) is 25.9 Å². The third-order valence-electron chi connectivity index (χ3n) is 5.04. The first-order valence-corrected chi connectivity index (χ1v) is 7.56. The number of aliphatic carboxylic acids is 1. The van der Waals surface area contributed by atoms with Crippen molar-refractivity contribution in [2.45, 2.75) is 44.9 Å². The Morgan fingerprint density at radius 3 is 2.50 bits per heavy atom. The minimum Gasteiger partial charge on any atom is -0.481 e. The fraction of sp³-hybridized carbons (Fsp3) is 0.867. The SMILES string of the molecule is COCCC1(CNC(=O)[C@@H]2CC[C@H](C(=O)O)C2)CCC1. The quantitative estimate of drug-likeness (QED) is 0.747. The molecular weight excluding hydrogens is 258 g/mol. The molecule has 0 bridgehead atoms. The van der Waals surface area contributed by atoms with Gasteiger partial charge in [-0.1, -0.05) is 6.42 Å². The van der Waals surface area contributed by atoms with E-state index < -0.39 is 5.97 Å². The Kier molecular flexibility index (Phi) is 5.02. The zero-order valence-corrected chi connectivity index (χ0v) is 12.2. The lowest BCUT2D eigenvalue weighted by Gasteiger charge is -2.42. The molecule has 0 aliphatic heterocycles. The van der Waals surface area contributed by atoms with Crippen LogP contribution in [0, 0.1) is 17.3 Å². The van der Waals surface area contributed by atoms with Crippen molar-refractivity contribution in [3.05, 3.63) is 0 Å². The molecular formula is C15H25NO4. The Balaban J connectivity index is 1.76. The number of carboxylic acid groups (broad SMARTS) is 1. The molecule has 5 nitrogen and oxygen atoms in total. The second kappa shape index (κ2) is 6.57. The molecule has 0 radical (unpaired) electrons. The van der Waals surface area contributed by atoms with Crippen LogP contribution < -0.4 is 5.32 Å². The van der Waals surface area contributed by atoms with Crippen LogP contribution in [0.15, 0.2) is 0 Å². The smallest absolute Gasteiger partial charge is 0.306 e. The molecule has 0 aromatic rings. The molecule has 2 rings (SSSR count). The van der Waals surface area contributed by atoms with Gasteiger partial charge in [-0.3, -0.25) is 9.59 Å². The molecule has 0 spiro atoms. The molecule has 0 unspecified atom stereocenters. The summed E-state index contributed by atoms with van der Waals surface area (Å²) in [5.74, 6) is -1.18. The van der Waals surface area contributed by atoms with E-state index in [-0.39, 0.29) is 23.2 Å². The summed E-state index contributed by atoms with van der Waals surface area (Å²) in [4.78, 5) is 23.1. The van der Waals surface area contributed by atoms with E-state index in [4.69, 9.17) is 9.84 Å². The maximum Gasteiger partial charge on any atom is 0.306 e. The Bertz CT molecular complexity index is 365. The van der Waals surface area contributed by atoms with Gasteiger partial charge in [0.15, 0.2) is 0 Å². The van der Waals surface area contributed by atoms with Gasteiger partial charge in [0.2, 0.25) is 5.91 Å². The third kappa shape index (κ3) is 3.51. The maximum atomic E-state index is 12.1. The lowest BCUT2D eigenvalue weighted by atomic mass is 9.66. The summed E-state index contributed by atoms with van der Waals surface area (Å²) in [6.07, 6.45) is 6.34. The zero-order valence-electron chi connectivity index (χ0n) is 12.2. The van der Waals surface area contributed by atoms with Crippen LogP contribution in [0.25, 0.3) is 0 Å². The molecule has 0 aromatic carbocycles. The van der Waals surface area contributed by atoms with Crippen molar-refractivity contribution in [3.63, 3.8) is 0 Å². The molecule has 0 saturated heterocycles. The first kappa shape index (κ1) is 15.3. The minimum absolute atomic E-state index is 0.0393. The maximum absolute atomic E-state index is 12.1. The molecule has 0 aromatic heterocycles. The number of carboxylic acids is 1. The molecule has 2 atom stereocenters. The van der Waals surface area contributed by atoms with Crippen molar-refractivity contribution in [3.8, 4) is 0 Å². The van der Waals surface area contributed by atoms with Crippen molar-refractivity contribution in [1.29, 1.82) is 0 Å². The van der Waals surface area contributed by atoms with Gasteiger partial charge in [-0.2, -0.15) is 0 Å². The van der Waals surface area contributed by atoms with Crippen molar-refractivity contribution >= 4 is 11.9 Å². The zero-order chi connectivity index (χ0) is 14.6. The van der Waals surface area contributed by atoms with E-state index in [1.807, 2.05) is 0 Å². The number of nitrogens with one attached hydrogen (secondary N) is 1. The standard InChI is InChI=1S/C15H25NO4/c1-20-8-7-15(5-2-6-15)10-16-13(17)11-3-4-12(9-11)14(18)19/h11-12H,2-10H2,1H3,(H,16,17)(H,18,19)/t11-,12+/m1/s1.